The smallest absolute Gasteiger partial charge is 0.430 e. The van der Waals surface area contributed by atoms with E-state index in [0.29, 0.717) is 17.0 Å². The van der Waals surface area contributed by atoms with E-state index in [1.165, 1.54) is 13.0 Å². The molecule has 4 rings (SSSR count). The van der Waals surface area contributed by atoms with Gasteiger partial charge in [-0.2, -0.15) is 0 Å². The van der Waals surface area contributed by atoms with Gasteiger partial charge < -0.3 is 14.2 Å². The number of hydrogen-bond acceptors (Lipinski definition) is 5. The van der Waals surface area contributed by atoms with Crippen molar-refractivity contribution in [2.75, 3.05) is 0 Å². The standard InChI is InChI=1S/C28H33FO5/c1-17(20-11-12-22(23(29)15-20)19-9-7-6-8-10-19)25(30)32-18(2)33-26(31)34-24-16-21-13-14-28(24,5)27(21,3)4/h6-12,15,17-18,21,24H,13-14,16H2,1-5H3/t17?,18?,21-,24-,28?/m0/s1. The van der Waals surface area contributed by atoms with E-state index < -0.39 is 30.1 Å². The Morgan fingerprint density at radius 3 is 2.32 bits per heavy atom. The summed E-state index contributed by atoms with van der Waals surface area (Å²) in [6.07, 6.45) is 0.841. The van der Waals surface area contributed by atoms with Crippen LogP contribution in [0.15, 0.2) is 48.5 Å². The summed E-state index contributed by atoms with van der Waals surface area (Å²) in [4.78, 5) is 25.0. The number of benzene rings is 2. The van der Waals surface area contributed by atoms with E-state index >= 15 is 0 Å². The molecule has 2 aromatic rings. The van der Waals surface area contributed by atoms with Crippen LogP contribution in [0, 0.1) is 22.6 Å². The van der Waals surface area contributed by atoms with Crippen LogP contribution in [-0.2, 0) is 19.0 Å². The Balaban J connectivity index is 1.32. The van der Waals surface area contributed by atoms with Crippen LogP contribution in [0.25, 0.3) is 11.1 Å². The number of halogens is 1. The van der Waals surface area contributed by atoms with Crippen molar-refractivity contribution in [1.82, 2.24) is 0 Å². The summed E-state index contributed by atoms with van der Waals surface area (Å²) >= 11 is 0. The molecule has 5 atom stereocenters. The third-order valence-corrected chi connectivity index (χ3v) is 8.43. The Morgan fingerprint density at radius 1 is 1.03 bits per heavy atom. The maximum atomic E-state index is 14.7. The van der Waals surface area contributed by atoms with Crippen molar-refractivity contribution in [1.29, 1.82) is 0 Å². The van der Waals surface area contributed by atoms with Crippen LogP contribution >= 0.6 is 0 Å². The van der Waals surface area contributed by atoms with Gasteiger partial charge >= 0.3 is 12.1 Å². The Bertz CT molecular complexity index is 1070. The monoisotopic (exact) mass is 468 g/mol. The van der Waals surface area contributed by atoms with Crippen molar-refractivity contribution in [3.8, 4) is 11.1 Å². The highest BCUT2D eigenvalue weighted by molar-refractivity contribution is 5.78. The lowest BCUT2D eigenvalue weighted by molar-refractivity contribution is -0.171. The van der Waals surface area contributed by atoms with E-state index in [1.54, 1.807) is 19.1 Å². The summed E-state index contributed by atoms with van der Waals surface area (Å²) in [5.41, 5.74) is 1.73. The van der Waals surface area contributed by atoms with Crippen molar-refractivity contribution >= 4 is 12.1 Å². The maximum Gasteiger partial charge on any atom is 0.511 e. The van der Waals surface area contributed by atoms with Crippen LogP contribution in [0.5, 0.6) is 0 Å². The third kappa shape index (κ3) is 4.30. The van der Waals surface area contributed by atoms with Crippen molar-refractivity contribution in [2.45, 2.75) is 72.2 Å². The van der Waals surface area contributed by atoms with Gasteiger partial charge in [-0.1, -0.05) is 63.2 Å². The average molecular weight is 469 g/mol. The molecule has 0 N–H and O–H groups in total. The van der Waals surface area contributed by atoms with Gasteiger partial charge in [0.2, 0.25) is 6.29 Å². The summed E-state index contributed by atoms with van der Waals surface area (Å²) < 4.78 is 30.9. The molecule has 0 aliphatic heterocycles. The summed E-state index contributed by atoms with van der Waals surface area (Å²) in [7, 11) is 0. The molecular formula is C28H33FO5. The SMILES string of the molecule is CC(OC(=O)O[C@H]1C[C@@H]2CCC1(C)C2(C)C)OC(=O)C(C)c1ccc(-c2ccccc2)c(F)c1. The predicted molar refractivity (Wildman–Crippen MR) is 126 cm³/mol. The van der Waals surface area contributed by atoms with Crippen molar-refractivity contribution in [2.24, 2.45) is 16.7 Å². The normalized spacial score (nSPS) is 26.5. The first-order valence-corrected chi connectivity index (χ1v) is 12.0. The van der Waals surface area contributed by atoms with Gasteiger partial charge in [0, 0.05) is 17.9 Å². The maximum absolute atomic E-state index is 14.7. The van der Waals surface area contributed by atoms with E-state index in [1.807, 2.05) is 30.3 Å². The lowest BCUT2D eigenvalue weighted by atomic mass is 9.70. The molecule has 0 saturated heterocycles. The highest BCUT2D eigenvalue weighted by Gasteiger charge is 2.63. The molecule has 2 aliphatic carbocycles. The molecule has 0 heterocycles. The number of fused-ring (bicyclic) bond motifs is 2. The zero-order chi connectivity index (χ0) is 24.7. The topological polar surface area (TPSA) is 61.8 Å². The molecule has 6 heteroatoms. The molecule has 0 amide bonds. The summed E-state index contributed by atoms with van der Waals surface area (Å²) in [6.45, 7) is 9.74. The molecule has 2 saturated carbocycles. The van der Waals surface area contributed by atoms with Crippen molar-refractivity contribution in [3.05, 3.63) is 59.9 Å². The molecule has 2 bridgehead atoms. The zero-order valence-electron chi connectivity index (χ0n) is 20.5. The fraction of sp³-hybridized carbons (Fsp3) is 0.500. The number of hydrogen-bond donors (Lipinski definition) is 0. The molecule has 0 spiro atoms. The quantitative estimate of drug-likeness (QED) is 0.343. The lowest BCUT2D eigenvalue weighted by Crippen LogP contribution is -2.39. The Labute approximate surface area is 200 Å². The molecule has 34 heavy (non-hydrogen) atoms. The van der Waals surface area contributed by atoms with Crippen LogP contribution in [0.3, 0.4) is 0 Å². The minimum absolute atomic E-state index is 0.0822. The molecule has 182 valence electrons. The minimum atomic E-state index is -1.12. The molecule has 2 aromatic carbocycles. The molecule has 3 unspecified atom stereocenters. The van der Waals surface area contributed by atoms with Crippen molar-refractivity contribution < 1.29 is 28.2 Å². The predicted octanol–water partition coefficient (Wildman–Crippen LogP) is 6.85. The Morgan fingerprint density at radius 2 is 1.74 bits per heavy atom. The largest absolute Gasteiger partial charge is 0.511 e. The number of ether oxygens (including phenoxy) is 3. The second kappa shape index (κ2) is 9.05. The van der Waals surface area contributed by atoms with E-state index in [0.717, 1.165) is 24.8 Å². The van der Waals surface area contributed by atoms with E-state index in [9.17, 15) is 14.0 Å². The van der Waals surface area contributed by atoms with Gasteiger partial charge in [0.1, 0.15) is 11.9 Å². The molecular weight excluding hydrogens is 435 g/mol. The van der Waals surface area contributed by atoms with Crippen LogP contribution in [0.1, 0.15) is 65.4 Å². The van der Waals surface area contributed by atoms with Gasteiger partial charge in [-0.05, 0) is 54.7 Å². The highest BCUT2D eigenvalue weighted by Crippen LogP contribution is 2.66. The van der Waals surface area contributed by atoms with Crippen molar-refractivity contribution in [3.63, 3.8) is 0 Å². The second-order valence-electron chi connectivity index (χ2n) is 10.4. The molecule has 2 fully saturated rings. The molecule has 0 aromatic heterocycles. The zero-order valence-corrected chi connectivity index (χ0v) is 20.5. The number of esters is 1. The van der Waals surface area contributed by atoms with Crippen LogP contribution in [0.4, 0.5) is 9.18 Å². The second-order valence-corrected chi connectivity index (χ2v) is 10.4. The van der Waals surface area contributed by atoms with Gasteiger partial charge in [-0.3, -0.25) is 4.79 Å². The van der Waals surface area contributed by atoms with Gasteiger partial charge in [0.05, 0.1) is 5.92 Å². The first-order chi connectivity index (χ1) is 16.0. The minimum Gasteiger partial charge on any atom is -0.430 e. The first-order valence-electron chi connectivity index (χ1n) is 12.0. The molecule has 2 aliphatic rings. The Kier molecular flexibility index (Phi) is 6.45. The van der Waals surface area contributed by atoms with E-state index in [4.69, 9.17) is 14.2 Å². The highest BCUT2D eigenvalue weighted by atomic mass is 19.1. The summed E-state index contributed by atoms with van der Waals surface area (Å²) in [6, 6.07) is 13.9. The molecule has 0 radical (unpaired) electrons. The first kappa shape index (κ1) is 24.2. The average Bonchev–Trinajstić information content (AvgIpc) is 3.12. The van der Waals surface area contributed by atoms with Crippen LogP contribution < -0.4 is 0 Å². The van der Waals surface area contributed by atoms with Crippen LogP contribution in [0.2, 0.25) is 0 Å². The number of carbonyl (C=O) groups excluding carboxylic acids is 2. The van der Waals surface area contributed by atoms with Gasteiger partial charge in [-0.25, -0.2) is 9.18 Å². The van der Waals surface area contributed by atoms with E-state index in [2.05, 4.69) is 20.8 Å². The fourth-order valence-electron chi connectivity index (χ4n) is 5.67. The molecule has 5 nitrogen and oxygen atoms in total. The summed E-state index contributed by atoms with van der Waals surface area (Å²) in [5, 5.41) is 0. The van der Waals surface area contributed by atoms with Gasteiger partial charge in [0.25, 0.3) is 0 Å². The van der Waals surface area contributed by atoms with Gasteiger partial charge in [0.15, 0.2) is 0 Å². The summed E-state index contributed by atoms with van der Waals surface area (Å²) in [5.74, 6) is -1.23. The van der Waals surface area contributed by atoms with E-state index in [-0.39, 0.29) is 16.9 Å². The fourth-order valence-corrected chi connectivity index (χ4v) is 5.67. The lowest BCUT2D eigenvalue weighted by Gasteiger charge is -2.38. The van der Waals surface area contributed by atoms with Crippen LogP contribution in [-0.4, -0.2) is 24.5 Å². The Hall–Kier alpha value is -2.89. The third-order valence-electron chi connectivity index (χ3n) is 8.43. The number of rotatable bonds is 6. The van der Waals surface area contributed by atoms with Gasteiger partial charge in [-0.15, -0.1) is 0 Å². The number of carbonyl (C=O) groups is 2.